The molecule has 0 spiro atoms. The van der Waals surface area contributed by atoms with Gasteiger partial charge >= 0.3 is 6.36 Å². The topological polar surface area (TPSA) is 100 Å². The van der Waals surface area contributed by atoms with Gasteiger partial charge in [0.15, 0.2) is 0 Å². The highest BCUT2D eigenvalue weighted by Crippen LogP contribution is 2.31. The van der Waals surface area contributed by atoms with E-state index in [1.54, 1.807) is 0 Å². The van der Waals surface area contributed by atoms with E-state index >= 15 is 0 Å². The Kier molecular flexibility index (Phi) is 5.27. The number of hydrogen-bond acceptors (Lipinski definition) is 5. The molecule has 1 aromatic carbocycles. The van der Waals surface area contributed by atoms with Crippen LogP contribution in [0.3, 0.4) is 0 Å². The van der Waals surface area contributed by atoms with Crippen LogP contribution in [0.2, 0.25) is 0 Å². The molecular formula is C14H14F3N3O4. The zero-order valence-electron chi connectivity index (χ0n) is 12.3. The molecule has 0 aromatic heterocycles. The van der Waals surface area contributed by atoms with Crippen molar-refractivity contribution in [3.05, 3.63) is 23.8 Å². The molecule has 0 saturated carbocycles. The number of benzene rings is 1. The Morgan fingerprint density at radius 2 is 2.17 bits per heavy atom. The number of phenols is 1. The summed E-state index contributed by atoms with van der Waals surface area (Å²) in [5, 5.41) is 15.6. The molecule has 0 saturated heterocycles. The summed E-state index contributed by atoms with van der Waals surface area (Å²) in [5.41, 5.74) is 1.67. The van der Waals surface area contributed by atoms with Crippen LogP contribution < -0.4 is 15.5 Å². The first-order chi connectivity index (χ1) is 11.3. The molecule has 7 nitrogen and oxygen atoms in total. The molecule has 2 rings (SSSR count). The Morgan fingerprint density at radius 1 is 1.42 bits per heavy atom. The number of ether oxygens (including phenoxy) is 1. The average molecular weight is 345 g/mol. The summed E-state index contributed by atoms with van der Waals surface area (Å²) in [4.78, 5) is 23.3. The molecule has 0 unspecified atom stereocenters. The normalized spacial score (nSPS) is 16.8. The van der Waals surface area contributed by atoms with Crippen molar-refractivity contribution < 1.29 is 32.6 Å². The van der Waals surface area contributed by atoms with E-state index in [-0.39, 0.29) is 12.5 Å². The number of hydrogen-bond donors (Lipinski definition) is 3. The van der Waals surface area contributed by atoms with Crippen LogP contribution in [-0.4, -0.2) is 36.0 Å². The monoisotopic (exact) mass is 345 g/mol. The van der Waals surface area contributed by atoms with Gasteiger partial charge in [0, 0.05) is 12.8 Å². The fraction of sp³-hybridized carbons (Fsp3) is 0.357. The highest BCUT2D eigenvalue weighted by molar-refractivity contribution is 5.99. The Bertz CT molecular complexity index is 661. The molecular weight excluding hydrogens is 331 g/mol. The van der Waals surface area contributed by atoms with Gasteiger partial charge in [0.2, 0.25) is 5.91 Å². The SMILES string of the molecule is O=C(NCCC[C@H]1C=NNC1=O)c1c(O)cccc1OC(F)(F)F. The van der Waals surface area contributed by atoms with Gasteiger partial charge in [-0.05, 0) is 25.0 Å². The lowest BCUT2D eigenvalue weighted by Crippen LogP contribution is -2.28. The van der Waals surface area contributed by atoms with Crippen LogP contribution >= 0.6 is 0 Å². The number of phenolic OH excluding ortho intramolecular Hbond substituents is 1. The summed E-state index contributed by atoms with van der Waals surface area (Å²) in [7, 11) is 0. The molecule has 1 aromatic rings. The lowest BCUT2D eigenvalue weighted by Gasteiger charge is -2.14. The summed E-state index contributed by atoms with van der Waals surface area (Å²) in [6.45, 7) is 0.107. The maximum absolute atomic E-state index is 12.3. The first kappa shape index (κ1) is 17.6. The predicted octanol–water partition coefficient (Wildman–Crippen LogP) is 1.53. The fourth-order valence-electron chi connectivity index (χ4n) is 2.12. The maximum Gasteiger partial charge on any atom is 0.573 e. The minimum Gasteiger partial charge on any atom is -0.507 e. The second-order valence-corrected chi connectivity index (χ2v) is 4.96. The quantitative estimate of drug-likeness (QED) is 0.681. The number of carbonyl (C=O) groups is 2. The molecule has 0 bridgehead atoms. The van der Waals surface area contributed by atoms with E-state index in [1.165, 1.54) is 6.21 Å². The molecule has 0 radical (unpaired) electrons. The molecule has 1 aliphatic rings. The summed E-state index contributed by atoms with van der Waals surface area (Å²) < 4.78 is 40.8. The smallest absolute Gasteiger partial charge is 0.507 e. The lowest BCUT2D eigenvalue weighted by molar-refractivity contribution is -0.274. The van der Waals surface area contributed by atoms with E-state index in [9.17, 15) is 27.9 Å². The molecule has 1 heterocycles. The summed E-state index contributed by atoms with van der Waals surface area (Å²) in [5.74, 6) is -2.96. The fourth-order valence-corrected chi connectivity index (χ4v) is 2.12. The van der Waals surface area contributed by atoms with E-state index in [0.29, 0.717) is 12.8 Å². The molecule has 2 amide bonds. The molecule has 0 aliphatic carbocycles. The van der Waals surface area contributed by atoms with Gasteiger partial charge in [0.1, 0.15) is 17.1 Å². The zero-order valence-corrected chi connectivity index (χ0v) is 12.3. The third kappa shape index (κ3) is 4.61. The number of alkyl halides is 3. The Balaban J connectivity index is 1.94. The van der Waals surface area contributed by atoms with E-state index in [0.717, 1.165) is 18.2 Å². The van der Waals surface area contributed by atoms with E-state index < -0.39 is 35.2 Å². The number of halogens is 3. The van der Waals surface area contributed by atoms with Crippen molar-refractivity contribution in [2.75, 3.05) is 6.54 Å². The number of amides is 2. The van der Waals surface area contributed by atoms with Crippen LogP contribution in [0.5, 0.6) is 11.5 Å². The number of hydrazone groups is 1. The molecule has 1 atom stereocenters. The molecule has 1 aliphatic heterocycles. The molecule has 0 fully saturated rings. The van der Waals surface area contributed by atoms with Crippen LogP contribution in [-0.2, 0) is 4.79 Å². The first-order valence-electron chi connectivity index (χ1n) is 6.97. The second kappa shape index (κ2) is 7.20. The number of aromatic hydroxyl groups is 1. The average Bonchev–Trinajstić information content (AvgIpc) is 2.87. The van der Waals surface area contributed by atoms with Gasteiger partial charge in [-0.2, -0.15) is 5.10 Å². The van der Waals surface area contributed by atoms with E-state index in [2.05, 4.69) is 20.6 Å². The van der Waals surface area contributed by atoms with Gasteiger partial charge in [0.05, 0.1) is 5.92 Å². The molecule has 24 heavy (non-hydrogen) atoms. The third-order valence-electron chi connectivity index (χ3n) is 3.20. The minimum atomic E-state index is -4.99. The lowest BCUT2D eigenvalue weighted by atomic mass is 10.0. The highest BCUT2D eigenvalue weighted by Gasteiger charge is 2.33. The van der Waals surface area contributed by atoms with Gasteiger partial charge in [-0.1, -0.05) is 6.07 Å². The van der Waals surface area contributed by atoms with Gasteiger partial charge in [-0.3, -0.25) is 9.59 Å². The Hall–Kier alpha value is -2.78. The van der Waals surface area contributed by atoms with Crippen LogP contribution in [0.4, 0.5) is 13.2 Å². The van der Waals surface area contributed by atoms with Crippen LogP contribution in [0.1, 0.15) is 23.2 Å². The number of nitrogens with one attached hydrogen (secondary N) is 2. The third-order valence-corrected chi connectivity index (χ3v) is 3.20. The standard InChI is InChI=1S/C14H14F3N3O4/c15-14(16,17)24-10-5-1-4-9(21)11(10)13(23)18-6-2-3-8-7-19-20-12(8)22/h1,4-5,7-8,21H,2-3,6H2,(H,18,23)(H,20,22)/t8-/m0/s1. The van der Waals surface area contributed by atoms with Crippen LogP contribution in [0, 0.1) is 5.92 Å². The van der Waals surface area contributed by atoms with Crippen molar-refractivity contribution in [3.63, 3.8) is 0 Å². The Labute approximate surface area is 134 Å². The van der Waals surface area contributed by atoms with Crippen molar-refractivity contribution in [1.82, 2.24) is 10.7 Å². The zero-order chi connectivity index (χ0) is 17.7. The first-order valence-corrected chi connectivity index (χ1v) is 6.97. The maximum atomic E-state index is 12.3. The van der Waals surface area contributed by atoms with Gasteiger partial charge in [0.25, 0.3) is 5.91 Å². The summed E-state index contributed by atoms with van der Waals surface area (Å²) in [6, 6.07) is 3.14. The Morgan fingerprint density at radius 3 is 2.79 bits per heavy atom. The molecule has 130 valence electrons. The number of carbonyl (C=O) groups excluding carboxylic acids is 2. The van der Waals surface area contributed by atoms with Gasteiger partial charge in [-0.25, -0.2) is 5.43 Å². The number of nitrogens with zero attached hydrogens (tertiary/aromatic N) is 1. The van der Waals surface area contributed by atoms with Crippen molar-refractivity contribution in [3.8, 4) is 11.5 Å². The van der Waals surface area contributed by atoms with Crippen molar-refractivity contribution >= 4 is 18.0 Å². The van der Waals surface area contributed by atoms with E-state index in [4.69, 9.17) is 0 Å². The van der Waals surface area contributed by atoms with Crippen LogP contribution in [0.25, 0.3) is 0 Å². The molecule has 3 N–H and O–H groups in total. The predicted molar refractivity (Wildman–Crippen MR) is 76.5 cm³/mol. The minimum absolute atomic E-state index is 0.107. The van der Waals surface area contributed by atoms with Gasteiger partial charge in [-0.15, -0.1) is 13.2 Å². The van der Waals surface area contributed by atoms with E-state index in [1.807, 2.05) is 0 Å². The molecule has 10 heteroatoms. The van der Waals surface area contributed by atoms with Crippen molar-refractivity contribution in [2.45, 2.75) is 19.2 Å². The van der Waals surface area contributed by atoms with Crippen LogP contribution in [0.15, 0.2) is 23.3 Å². The van der Waals surface area contributed by atoms with Gasteiger partial charge < -0.3 is 15.2 Å². The summed E-state index contributed by atoms with van der Waals surface area (Å²) >= 11 is 0. The highest BCUT2D eigenvalue weighted by atomic mass is 19.4. The van der Waals surface area contributed by atoms with Crippen molar-refractivity contribution in [1.29, 1.82) is 0 Å². The largest absolute Gasteiger partial charge is 0.573 e. The summed E-state index contributed by atoms with van der Waals surface area (Å²) in [6.07, 6.45) is -2.72. The second-order valence-electron chi connectivity index (χ2n) is 4.96. The van der Waals surface area contributed by atoms with Crippen molar-refractivity contribution in [2.24, 2.45) is 11.0 Å². The number of rotatable bonds is 6.